The first-order valence-electron chi connectivity index (χ1n) is 5.47. The van der Waals surface area contributed by atoms with Crippen LogP contribution in [-0.4, -0.2) is 22.5 Å². The van der Waals surface area contributed by atoms with Gasteiger partial charge in [0, 0.05) is 4.92 Å². The fourth-order valence-electron chi connectivity index (χ4n) is 3.52. The zero-order valence-corrected chi connectivity index (χ0v) is 9.13. The van der Waals surface area contributed by atoms with Gasteiger partial charge in [-0.25, -0.2) is 0 Å². The van der Waals surface area contributed by atoms with Gasteiger partial charge in [-0.05, 0) is 24.2 Å². The van der Waals surface area contributed by atoms with Gasteiger partial charge in [-0.3, -0.25) is 14.9 Å². The molecule has 0 aromatic heterocycles. The van der Waals surface area contributed by atoms with Crippen LogP contribution in [0, 0.1) is 33.3 Å². The fraction of sp³-hybridized carbons (Fsp3) is 0.727. The van der Waals surface area contributed by atoms with Gasteiger partial charge < -0.3 is 5.11 Å². The number of aliphatic carboxylic acids is 1. The molecule has 16 heavy (non-hydrogen) atoms. The monoisotopic (exact) mass is 225 g/mol. The van der Waals surface area contributed by atoms with Crippen LogP contribution in [0.15, 0.2) is 12.2 Å². The van der Waals surface area contributed by atoms with Crippen molar-refractivity contribution in [3.63, 3.8) is 0 Å². The quantitative estimate of drug-likeness (QED) is 0.447. The molecule has 0 heterocycles. The molecule has 1 saturated carbocycles. The molecular formula is C11H15NO4. The number of carboxylic acid groups (broad SMARTS) is 1. The topological polar surface area (TPSA) is 80.4 Å². The lowest BCUT2D eigenvalue weighted by molar-refractivity contribution is -0.510. The van der Waals surface area contributed by atoms with Gasteiger partial charge in [0.15, 0.2) is 0 Å². The summed E-state index contributed by atoms with van der Waals surface area (Å²) >= 11 is 0. The van der Waals surface area contributed by atoms with Crippen molar-refractivity contribution in [1.82, 2.24) is 0 Å². The lowest BCUT2D eigenvalue weighted by Crippen LogP contribution is -2.57. The van der Waals surface area contributed by atoms with Crippen LogP contribution in [0.4, 0.5) is 0 Å². The Morgan fingerprint density at radius 2 is 2.38 bits per heavy atom. The largest absolute Gasteiger partial charge is 0.481 e. The summed E-state index contributed by atoms with van der Waals surface area (Å²) in [6.45, 7) is 1.71. The highest BCUT2D eigenvalue weighted by molar-refractivity contribution is 5.68. The van der Waals surface area contributed by atoms with E-state index in [9.17, 15) is 14.9 Å². The van der Waals surface area contributed by atoms with Gasteiger partial charge in [0.1, 0.15) is 0 Å². The van der Waals surface area contributed by atoms with Gasteiger partial charge >= 0.3 is 5.97 Å². The molecule has 2 unspecified atom stereocenters. The van der Waals surface area contributed by atoms with Crippen LogP contribution in [-0.2, 0) is 4.79 Å². The van der Waals surface area contributed by atoms with E-state index in [2.05, 4.69) is 0 Å². The lowest BCUT2D eigenvalue weighted by Gasteiger charge is -2.55. The molecule has 0 aromatic rings. The fourth-order valence-corrected chi connectivity index (χ4v) is 3.52. The second-order valence-electron chi connectivity index (χ2n) is 4.94. The number of carbonyl (C=O) groups is 1. The average molecular weight is 225 g/mol. The first kappa shape index (κ1) is 11.1. The number of carboxylic acids is 1. The molecule has 0 bridgehead atoms. The van der Waals surface area contributed by atoms with Crippen LogP contribution in [0.1, 0.15) is 19.8 Å². The molecule has 0 saturated heterocycles. The maximum Gasteiger partial charge on any atom is 0.304 e. The Balaban J connectivity index is 2.24. The van der Waals surface area contributed by atoms with E-state index in [1.165, 1.54) is 0 Å². The molecule has 0 aromatic carbocycles. The Bertz CT molecular complexity index is 347. The normalized spacial score (nSPS) is 40.2. The second-order valence-corrected chi connectivity index (χ2v) is 4.94. The van der Waals surface area contributed by atoms with Gasteiger partial charge in [-0.15, -0.1) is 0 Å². The molecule has 0 spiro atoms. The minimum Gasteiger partial charge on any atom is -0.481 e. The maximum absolute atomic E-state index is 10.9. The molecule has 5 nitrogen and oxygen atoms in total. The summed E-state index contributed by atoms with van der Waals surface area (Å²) in [7, 11) is 0. The van der Waals surface area contributed by atoms with E-state index in [0.717, 1.165) is 6.42 Å². The molecule has 5 heteroatoms. The Kier molecular flexibility index (Phi) is 2.48. The molecular weight excluding hydrogens is 210 g/mol. The second kappa shape index (κ2) is 3.57. The smallest absolute Gasteiger partial charge is 0.304 e. The van der Waals surface area contributed by atoms with Crippen molar-refractivity contribution in [2.75, 3.05) is 6.54 Å². The number of nitrogens with zero attached hydrogens (tertiary/aromatic N) is 1. The number of hydrogen-bond acceptors (Lipinski definition) is 3. The Morgan fingerprint density at radius 1 is 1.69 bits per heavy atom. The summed E-state index contributed by atoms with van der Waals surface area (Å²) in [6.07, 6.45) is 4.83. The van der Waals surface area contributed by atoms with E-state index in [4.69, 9.17) is 5.11 Å². The summed E-state index contributed by atoms with van der Waals surface area (Å²) in [4.78, 5) is 21.2. The number of nitro groups is 1. The van der Waals surface area contributed by atoms with Crippen LogP contribution < -0.4 is 0 Å². The van der Waals surface area contributed by atoms with E-state index in [0.29, 0.717) is 5.92 Å². The van der Waals surface area contributed by atoms with Crippen molar-refractivity contribution in [2.45, 2.75) is 19.8 Å². The van der Waals surface area contributed by atoms with Crippen LogP contribution in [0.2, 0.25) is 0 Å². The molecule has 0 aliphatic heterocycles. The van der Waals surface area contributed by atoms with Gasteiger partial charge in [0.2, 0.25) is 6.54 Å². The summed E-state index contributed by atoms with van der Waals surface area (Å²) in [6, 6.07) is 0. The Hall–Kier alpha value is -1.39. The number of allylic oxidation sites excluding steroid dienone is 2. The minimum atomic E-state index is -0.938. The van der Waals surface area contributed by atoms with Gasteiger partial charge in [0.05, 0.1) is 11.8 Å². The predicted octanol–water partition coefficient (Wildman–Crippen LogP) is 1.57. The maximum atomic E-state index is 10.9. The number of hydrogen-bond donors (Lipinski definition) is 1. The van der Waals surface area contributed by atoms with Crippen molar-refractivity contribution in [3.8, 4) is 0 Å². The lowest BCUT2D eigenvalue weighted by atomic mass is 9.47. The highest BCUT2D eigenvalue weighted by atomic mass is 16.6. The Labute approximate surface area is 93.3 Å². The van der Waals surface area contributed by atoms with E-state index in [1.807, 2.05) is 19.1 Å². The molecule has 88 valence electrons. The standard InChI is InChI=1S/C11H15NO4/c1-7-8-3-2-4-9(8)11(7,5-10(13)14)6-12(15)16/h2,4,7-9H,3,5-6H2,1H3,(H,13,14)/t7?,8-,9-,11?/m1/s1. The van der Waals surface area contributed by atoms with Gasteiger partial charge in [0.25, 0.3) is 0 Å². The van der Waals surface area contributed by atoms with Crippen LogP contribution in [0.25, 0.3) is 0 Å². The van der Waals surface area contributed by atoms with E-state index >= 15 is 0 Å². The highest BCUT2D eigenvalue weighted by Crippen LogP contribution is 2.62. The third-order valence-corrected chi connectivity index (χ3v) is 4.33. The third kappa shape index (κ3) is 1.42. The SMILES string of the molecule is CC1[C@H]2CC=C[C@H]2C1(CC(=O)O)C[N+](=O)[O-]. The number of rotatable bonds is 4. The van der Waals surface area contributed by atoms with Crippen molar-refractivity contribution in [3.05, 3.63) is 22.3 Å². The van der Waals surface area contributed by atoms with Crippen molar-refractivity contribution in [1.29, 1.82) is 0 Å². The third-order valence-electron chi connectivity index (χ3n) is 4.33. The molecule has 0 amide bonds. The van der Waals surface area contributed by atoms with E-state index in [-0.39, 0.29) is 29.7 Å². The predicted molar refractivity (Wildman–Crippen MR) is 56.4 cm³/mol. The molecule has 1 fully saturated rings. The van der Waals surface area contributed by atoms with Gasteiger partial charge in [-0.2, -0.15) is 0 Å². The first-order valence-corrected chi connectivity index (χ1v) is 5.47. The minimum absolute atomic E-state index is 0.0870. The summed E-state index contributed by atoms with van der Waals surface area (Å²) in [5, 5.41) is 19.6. The summed E-state index contributed by atoms with van der Waals surface area (Å²) < 4.78 is 0. The van der Waals surface area contributed by atoms with Crippen molar-refractivity contribution < 1.29 is 14.8 Å². The zero-order chi connectivity index (χ0) is 11.9. The Morgan fingerprint density at radius 3 is 2.94 bits per heavy atom. The first-order chi connectivity index (χ1) is 7.47. The zero-order valence-electron chi connectivity index (χ0n) is 9.13. The summed E-state index contributed by atoms with van der Waals surface area (Å²) in [5.41, 5.74) is -0.660. The van der Waals surface area contributed by atoms with Crippen LogP contribution >= 0.6 is 0 Å². The van der Waals surface area contributed by atoms with Gasteiger partial charge in [-0.1, -0.05) is 19.1 Å². The number of fused-ring (bicyclic) bond motifs is 1. The van der Waals surface area contributed by atoms with Crippen LogP contribution in [0.5, 0.6) is 0 Å². The van der Waals surface area contributed by atoms with Crippen LogP contribution in [0.3, 0.4) is 0 Å². The summed E-state index contributed by atoms with van der Waals surface area (Å²) in [5.74, 6) is -0.315. The van der Waals surface area contributed by atoms with E-state index < -0.39 is 11.4 Å². The highest BCUT2D eigenvalue weighted by Gasteiger charge is 2.62. The molecule has 1 N–H and O–H groups in total. The van der Waals surface area contributed by atoms with Crippen molar-refractivity contribution >= 4 is 5.97 Å². The molecule has 2 aliphatic carbocycles. The van der Waals surface area contributed by atoms with E-state index in [1.54, 1.807) is 0 Å². The molecule has 0 radical (unpaired) electrons. The molecule has 2 aliphatic rings. The molecule has 2 rings (SSSR count). The van der Waals surface area contributed by atoms with Crippen molar-refractivity contribution in [2.24, 2.45) is 23.2 Å². The average Bonchev–Trinajstić information content (AvgIpc) is 2.60. The molecule has 4 atom stereocenters.